The molecule has 0 radical (unpaired) electrons. The lowest BCUT2D eigenvalue weighted by Crippen LogP contribution is -2.27. The third-order valence-electron chi connectivity index (χ3n) is 4.96. The molecule has 7 heteroatoms. The second-order valence-corrected chi connectivity index (χ2v) is 8.86. The van der Waals surface area contributed by atoms with Gasteiger partial charge in [0, 0.05) is 18.3 Å². The van der Waals surface area contributed by atoms with Crippen LogP contribution in [0.25, 0.3) is 5.69 Å². The zero-order valence-electron chi connectivity index (χ0n) is 17.7. The van der Waals surface area contributed by atoms with Gasteiger partial charge in [0.2, 0.25) is 0 Å². The second-order valence-electron chi connectivity index (χ2n) is 8.86. The largest absolute Gasteiger partial charge is 0.492 e. The molecule has 1 aromatic heterocycles. The Balaban J connectivity index is 1.55. The molecule has 1 aliphatic heterocycles. The molecule has 0 saturated heterocycles. The van der Waals surface area contributed by atoms with E-state index in [-0.39, 0.29) is 17.1 Å². The summed E-state index contributed by atoms with van der Waals surface area (Å²) in [7, 11) is 0. The van der Waals surface area contributed by atoms with Crippen molar-refractivity contribution in [2.75, 3.05) is 6.61 Å². The first-order valence-corrected chi connectivity index (χ1v) is 10.0. The lowest BCUT2D eigenvalue weighted by atomic mass is 9.98. The van der Waals surface area contributed by atoms with Gasteiger partial charge >= 0.3 is 0 Å². The van der Waals surface area contributed by atoms with E-state index in [1.54, 1.807) is 39.9 Å². The van der Waals surface area contributed by atoms with Gasteiger partial charge < -0.3 is 9.64 Å². The molecule has 0 spiro atoms. The highest BCUT2D eigenvalue weighted by Crippen LogP contribution is 2.29. The van der Waals surface area contributed by atoms with Gasteiger partial charge in [0.1, 0.15) is 11.6 Å². The smallest absolute Gasteiger partial charge is 0.258 e. The van der Waals surface area contributed by atoms with Gasteiger partial charge in [0.05, 0.1) is 41.7 Å². The summed E-state index contributed by atoms with van der Waals surface area (Å²) < 4.78 is 20.8. The van der Waals surface area contributed by atoms with Gasteiger partial charge in [-0.1, -0.05) is 20.8 Å². The number of fused-ring (bicyclic) bond motifs is 1. The van der Waals surface area contributed by atoms with E-state index in [9.17, 15) is 14.4 Å². The Bertz CT molecular complexity index is 1150. The van der Waals surface area contributed by atoms with E-state index in [1.165, 1.54) is 12.1 Å². The summed E-state index contributed by atoms with van der Waals surface area (Å²) in [6, 6.07) is 13.1. The highest BCUT2D eigenvalue weighted by molar-refractivity contribution is 5.97. The Hall–Kier alpha value is -3.66. The van der Waals surface area contributed by atoms with Crippen molar-refractivity contribution in [1.29, 1.82) is 5.26 Å². The van der Waals surface area contributed by atoms with Crippen molar-refractivity contribution in [1.82, 2.24) is 14.7 Å². The summed E-state index contributed by atoms with van der Waals surface area (Å²) in [6.45, 7) is 7.37. The quantitative estimate of drug-likeness (QED) is 0.627. The minimum Gasteiger partial charge on any atom is -0.492 e. The van der Waals surface area contributed by atoms with E-state index >= 15 is 0 Å². The topological polar surface area (TPSA) is 71.2 Å². The van der Waals surface area contributed by atoms with Crippen molar-refractivity contribution in [3.05, 3.63) is 76.9 Å². The summed E-state index contributed by atoms with van der Waals surface area (Å²) in [5.74, 6) is -0.0310. The van der Waals surface area contributed by atoms with Crippen LogP contribution in [0, 0.1) is 22.6 Å². The highest BCUT2D eigenvalue weighted by Gasteiger charge is 2.29. The Kier molecular flexibility index (Phi) is 5.24. The number of nitrogens with zero attached hydrogens (tertiary/aromatic N) is 4. The van der Waals surface area contributed by atoms with Gasteiger partial charge in [-0.3, -0.25) is 4.79 Å². The Morgan fingerprint density at radius 3 is 2.58 bits per heavy atom. The lowest BCUT2D eigenvalue weighted by molar-refractivity contribution is 0.0742. The third-order valence-corrected chi connectivity index (χ3v) is 4.96. The van der Waals surface area contributed by atoms with Crippen molar-refractivity contribution in [3.63, 3.8) is 0 Å². The molecule has 1 aliphatic rings. The molecule has 0 atom stereocenters. The maximum atomic E-state index is 13.3. The van der Waals surface area contributed by atoms with Gasteiger partial charge in [-0.2, -0.15) is 10.4 Å². The number of benzene rings is 2. The molecule has 0 aliphatic carbocycles. The molecular weight excluding hydrogens is 395 g/mol. The fourth-order valence-corrected chi connectivity index (χ4v) is 3.38. The van der Waals surface area contributed by atoms with Gasteiger partial charge in [-0.25, -0.2) is 9.07 Å². The standard InChI is InChI=1S/C24H23FN4O2/c1-24(2,3)15-31-22-9-4-16(11-26)10-20(22)23(30)28-12-17-13-29(27-21(17)14-28)19-7-5-18(25)6-8-19/h4-10,13H,12,14-15H2,1-3H3. The molecule has 0 fully saturated rings. The summed E-state index contributed by atoms with van der Waals surface area (Å²) >= 11 is 0. The van der Waals surface area contributed by atoms with E-state index in [4.69, 9.17) is 4.74 Å². The van der Waals surface area contributed by atoms with Crippen molar-refractivity contribution in [3.8, 4) is 17.5 Å². The number of hydrogen-bond donors (Lipinski definition) is 0. The van der Waals surface area contributed by atoms with Crippen LogP contribution in [0.3, 0.4) is 0 Å². The molecule has 31 heavy (non-hydrogen) atoms. The SMILES string of the molecule is CC(C)(C)COc1ccc(C#N)cc1C(=O)N1Cc2cn(-c3ccc(F)cc3)nc2C1. The van der Waals surface area contributed by atoms with Gasteiger partial charge in [-0.05, 0) is 47.9 Å². The number of ether oxygens (including phenoxy) is 1. The zero-order valence-corrected chi connectivity index (χ0v) is 17.7. The first-order valence-electron chi connectivity index (χ1n) is 10.0. The summed E-state index contributed by atoms with van der Waals surface area (Å²) in [4.78, 5) is 15.0. The van der Waals surface area contributed by atoms with Crippen molar-refractivity contribution < 1.29 is 13.9 Å². The normalized spacial score (nSPS) is 13.1. The van der Waals surface area contributed by atoms with Crippen LogP contribution in [-0.2, 0) is 13.1 Å². The summed E-state index contributed by atoms with van der Waals surface area (Å²) in [5.41, 5.74) is 3.21. The predicted octanol–water partition coefficient (Wildman–Crippen LogP) is 4.46. The molecular formula is C24H23FN4O2. The third kappa shape index (κ3) is 4.43. The minimum absolute atomic E-state index is 0.0672. The Labute approximate surface area is 180 Å². The fraction of sp³-hybridized carbons (Fsp3) is 0.292. The molecule has 1 amide bonds. The van der Waals surface area contributed by atoms with E-state index in [0.717, 1.165) is 16.9 Å². The van der Waals surface area contributed by atoms with E-state index in [2.05, 4.69) is 31.9 Å². The van der Waals surface area contributed by atoms with Crippen LogP contribution in [0.1, 0.15) is 48.0 Å². The van der Waals surface area contributed by atoms with E-state index in [1.807, 2.05) is 6.20 Å². The van der Waals surface area contributed by atoms with Crippen LogP contribution in [0.4, 0.5) is 4.39 Å². The molecule has 0 bridgehead atoms. The number of hydrogen-bond acceptors (Lipinski definition) is 4. The van der Waals surface area contributed by atoms with Gasteiger partial charge in [0.25, 0.3) is 5.91 Å². The summed E-state index contributed by atoms with van der Waals surface area (Å²) in [6.07, 6.45) is 1.86. The first kappa shape index (κ1) is 20.6. The summed E-state index contributed by atoms with van der Waals surface area (Å²) in [5, 5.41) is 13.8. The Morgan fingerprint density at radius 2 is 1.94 bits per heavy atom. The number of carbonyl (C=O) groups is 1. The van der Waals surface area contributed by atoms with E-state index in [0.29, 0.717) is 36.6 Å². The van der Waals surface area contributed by atoms with Crippen LogP contribution in [0.2, 0.25) is 0 Å². The fourth-order valence-electron chi connectivity index (χ4n) is 3.38. The van der Waals surface area contributed by atoms with Gasteiger partial charge in [0.15, 0.2) is 0 Å². The molecule has 6 nitrogen and oxygen atoms in total. The molecule has 2 heterocycles. The lowest BCUT2D eigenvalue weighted by Gasteiger charge is -2.22. The molecule has 0 N–H and O–H groups in total. The molecule has 0 saturated carbocycles. The molecule has 2 aromatic carbocycles. The number of halogens is 1. The average molecular weight is 418 g/mol. The first-order chi connectivity index (χ1) is 14.7. The molecule has 158 valence electrons. The van der Waals surface area contributed by atoms with Crippen LogP contribution in [0.15, 0.2) is 48.7 Å². The van der Waals surface area contributed by atoms with E-state index < -0.39 is 0 Å². The minimum atomic E-state index is -0.302. The van der Waals surface area contributed by atoms with Crippen LogP contribution in [-0.4, -0.2) is 27.2 Å². The predicted molar refractivity (Wildman–Crippen MR) is 113 cm³/mol. The monoisotopic (exact) mass is 418 g/mol. The van der Waals surface area contributed by atoms with Crippen LogP contribution in [0.5, 0.6) is 5.75 Å². The number of rotatable bonds is 4. The average Bonchev–Trinajstić information content (AvgIpc) is 3.31. The highest BCUT2D eigenvalue weighted by atomic mass is 19.1. The number of amides is 1. The van der Waals surface area contributed by atoms with Crippen LogP contribution < -0.4 is 4.74 Å². The maximum Gasteiger partial charge on any atom is 0.258 e. The van der Waals surface area contributed by atoms with Crippen molar-refractivity contribution in [2.45, 2.75) is 33.9 Å². The van der Waals surface area contributed by atoms with Crippen molar-refractivity contribution >= 4 is 5.91 Å². The molecule has 3 aromatic rings. The zero-order chi connectivity index (χ0) is 22.2. The Morgan fingerprint density at radius 1 is 1.19 bits per heavy atom. The maximum absolute atomic E-state index is 13.3. The number of nitriles is 1. The second kappa shape index (κ2) is 7.88. The molecule has 0 unspecified atom stereocenters. The van der Waals surface area contributed by atoms with Gasteiger partial charge in [-0.15, -0.1) is 0 Å². The number of aromatic nitrogens is 2. The number of carbonyl (C=O) groups excluding carboxylic acids is 1. The van der Waals surface area contributed by atoms with Crippen LogP contribution >= 0.6 is 0 Å². The van der Waals surface area contributed by atoms with Crippen molar-refractivity contribution in [2.24, 2.45) is 5.41 Å². The molecule has 4 rings (SSSR count).